The van der Waals surface area contributed by atoms with E-state index in [4.69, 9.17) is 0 Å². The van der Waals surface area contributed by atoms with Crippen LogP contribution < -0.4 is 4.90 Å². The van der Waals surface area contributed by atoms with Crippen molar-refractivity contribution in [2.45, 2.75) is 39.0 Å². The maximum Gasteiger partial charge on any atom is 0.226 e. The molecule has 5 aliphatic rings. The number of hydrogen-bond acceptors (Lipinski definition) is 3. The summed E-state index contributed by atoms with van der Waals surface area (Å²) < 4.78 is 14.5. The molecule has 0 N–H and O–H groups in total. The molecular weight excluding hydrogens is 355 g/mol. The highest BCUT2D eigenvalue weighted by atomic mass is 19.1. The molecule has 1 aliphatic heterocycles. The monoisotopic (exact) mass is 384 g/mol. The first kappa shape index (κ1) is 18.1. The Hall–Kier alpha value is -1.91. The molecule has 1 aromatic rings. The quantitative estimate of drug-likeness (QED) is 0.746. The van der Waals surface area contributed by atoms with E-state index in [0.29, 0.717) is 55.2 Å². The summed E-state index contributed by atoms with van der Waals surface area (Å²) in [6.07, 6.45) is 6.45. The van der Waals surface area contributed by atoms with Crippen molar-refractivity contribution in [3.63, 3.8) is 0 Å². The van der Waals surface area contributed by atoms with Crippen LogP contribution in [-0.2, 0) is 4.79 Å². The third kappa shape index (κ3) is 3.03. The van der Waals surface area contributed by atoms with E-state index in [1.54, 1.807) is 12.1 Å². The van der Waals surface area contributed by atoms with Crippen molar-refractivity contribution in [2.24, 2.45) is 29.6 Å². The minimum Gasteiger partial charge on any atom is -0.366 e. The molecule has 4 nitrogen and oxygen atoms in total. The molecule has 1 amide bonds. The Morgan fingerprint density at radius 3 is 2.07 bits per heavy atom. The summed E-state index contributed by atoms with van der Waals surface area (Å²) >= 11 is 0. The molecule has 1 heterocycles. The molecule has 6 rings (SSSR count). The smallest absolute Gasteiger partial charge is 0.226 e. The van der Waals surface area contributed by atoms with Gasteiger partial charge < -0.3 is 9.80 Å². The Morgan fingerprint density at radius 2 is 1.54 bits per heavy atom. The number of hydrogen-bond donors (Lipinski definition) is 0. The molecule has 150 valence electrons. The Labute approximate surface area is 166 Å². The molecule has 0 atom stereocenters. The van der Waals surface area contributed by atoms with E-state index in [0.717, 1.165) is 11.8 Å². The van der Waals surface area contributed by atoms with Gasteiger partial charge in [-0.1, -0.05) is 0 Å². The SMILES string of the molecule is CC(=O)c1ccc(N2CCN(C(=O)C3C4CC5CC(C4)CC3C5)CC2)c(F)c1. The van der Waals surface area contributed by atoms with Crippen LogP contribution in [0.3, 0.4) is 0 Å². The van der Waals surface area contributed by atoms with Gasteiger partial charge >= 0.3 is 0 Å². The third-order valence-corrected chi connectivity index (χ3v) is 7.80. The predicted octanol–water partition coefficient (Wildman–Crippen LogP) is 3.75. The largest absolute Gasteiger partial charge is 0.366 e. The Balaban J connectivity index is 1.24. The van der Waals surface area contributed by atoms with Crippen LogP contribution in [0.15, 0.2) is 18.2 Å². The first-order chi connectivity index (χ1) is 13.5. The van der Waals surface area contributed by atoms with Gasteiger partial charge in [0, 0.05) is 37.7 Å². The zero-order valence-corrected chi connectivity index (χ0v) is 16.6. The third-order valence-electron chi connectivity index (χ3n) is 7.80. The first-order valence-corrected chi connectivity index (χ1v) is 10.8. The van der Waals surface area contributed by atoms with E-state index >= 15 is 0 Å². The molecule has 0 unspecified atom stereocenters. The Bertz CT molecular complexity index is 772. The average Bonchev–Trinajstić information content (AvgIpc) is 2.67. The summed E-state index contributed by atoms with van der Waals surface area (Å²) in [5.41, 5.74) is 0.934. The van der Waals surface area contributed by atoms with Gasteiger partial charge in [-0.3, -0.25) is 9.59 Å². The molecule has 4 aliphatic carbocycles. The van der Waals surface area contributed by atoms with E-state index in [-0.39, 0.29) is 17.5 Å². The van der Waals surface area contributed by atoms with Gasteiger partial charge in [-0.25, -0.2) is 4.39 Å². The highest BCUT2D eigenvalue weighted by molar-refractivity contribution is 5.94. The van der Waals surface area contributed by atoms with E-state index in [1.165, 1.54) is 45.1 Å². The van der Waals surface area contributed by atoms with Crippen LogP contribution in [0.5, 0.6) is 0 Å². The number of carbonyl (C=O) groups is 2. The number of nitrogens with zero attached hydrogens (tertiary/aromatic N) is 2. The maximum atomic E-state index is 14.5. The average molecular weight is 384 g/mol. The number of Topliss-reactive ketones (excluding diaryl/α,β-unsaturated/α-hetero) is 1. The summed E-state index contributed by atoms with van der Waals surface area (Å²) in [6.45, 7) is 4.07. The summed E-state index contributed by atoms with van der Waals surface area (Å²) in [7, 11) is 0. The van der Waals surface area contributed by atoms with Crippen LogP contribution >= 0.6 is 0 Å². The highest BCUT2D eigenvalue weighted by Gasteiger charge is 2.51. The van der Waals surface area contributed by atoms with Gasteiger partial charge in [0.25, 0.3) is 0 Å². The van der Waals surface area contributed by atoms with Crippen LogP contribution in [-0.4, -0.2) is 42.8 Å². The standard InChI is InChI=1S/C23H29FN2O2/c1-14(27)17-2-3-21(20(24)13-17)25-4-6-26(7-5-25)23(28)22-18-9-15-8-16(11-18)12-19(22)10-15/h2-3,13,15-16,18-19,22H,4-12H2,1H3. The fourth-order valence-electron chi connectivity index (χ4n) is 6.69. The van der Waals surface area contributed by atoms with E-state index in [9.17, 15) is 14.0 Å². The lowest BCUT2D eigenvalue weighted by Gasteiger charge is -2.54. The van der Waals surface area contributed by atoms with E-state index in [2.05, 4.69) is 0 Å². The van der Waals surface area contributed by atoms with Gasteiger partial charge in [-0.15, -0.1) is 0 Å². The van der Waals surface area contributed by atoms with Gasteiger partial charge in [-0.05, 0) is 80.9 Å². The molecular formula is C23H29FN2O2. The molecule has 5 heteroatoms. The number of ketones is 1. The molecule has 0 aromatic heterocycles. The zero-order chi connectivity index (χ0) is 19.4. The van der Waals surface area contributed by atoms with Crippen LogP contribution in [0.25, 0.3) is 0 Å². The fourth-order valence-corrected chi connectivity index (χ4v) is 6.69. The van der Waals surface area contributed by atoms with Crippen molar-refractivity contribution in [1.82, 2.24) is 4.90 Å². The minimum absolute atomic E-state index is 0.128. The topological polar surface area (TPSA) is 40.6 Å². The van der Waals surface area contributed by atoms with E-state index < -0.39 is 0 Å². The number of benzene rings is 1. The zero-order valence-electron chi connectivity index (χ0n) is 16.6. The van der Waals surface area contributed by atoms with Gasteiger partial charge in [0.1, 0.15) is 5.82 Å². The van der Waals surface area contributed by atoms with Crippen molar-refractivity contribution in [3.05, 3.63) is 29.6 Å². The predicted molar refractivity (Wildman–Crippen MR) is 106 cm³/mol. The van der Waals surface area contributed by atoms with Gasteiger partial charge in [0.2, 0.25) is 5.91 Å². The number of amides is 1. The molecule has 28 heavy (non-hydrogen) atoms. The second-order valence-corrected chi connectivity index (χ2v) is 9.49. The van der Waals surface area contributed by atoms with Crippen molar-refractivity contribution < 1.29 is 14.0 Å². The van der Waals surface area contributed by atoms with Crippen molar-refractivity contribution in [1.29, 1.82) is 0 Å². The van der Waals surface area contributed by atoms with Gasteiger partial charge in [0.15, 0.2) is 5.78 Å². The normalized spacial score (nSPS) is 34.0. The van der Waals surface area contributed by atoms with Crippen molar-refractivity contribution in [3.8, 4) is 0 Å². The second-order valence-electron chi connectivity index (χ2n) is 9.49. The molecule has 0 radical (unpaired) electrons. The number of anilines is 1. The van der Waals surface area contributed by atoms with Crippen molar-refractivity contribution in [2.75, 3.05) is 31.1 Å². The Kier molecular flexibility index (Phi) is 4.44. The molecule has 4 bridgehead atoms. The molecule has 5 fully saturated rings. The molecule has 4 saturated carbocycles. The number of rotatable bonds is 3. The summed E-state index contributed by atoms with van der Waals surface area (Å²) in [6, 6.07) is 4.71. The number of carbonyl (C=O) groups excluding carboxylic acids is 2. The minimum atomic E-state index is -0.353. The first-order valence-electron chi connectivity index (χ1n) is 10.8. The van der Waals surface area contributed by atoms with Crippen LogP contribution in [0.2, 0.25) is 0 Å². The molecule has 1 aromatic carbocycles. The number of piperazine rings is 1. The summed E-state index contributed by atoms with van der Waals surface area (Å²) in [4.78, 5) is 28.8. The lowest BCUT2D eigenvalue weighted by Crippen LogP contribution is -2.56. The lowest BCUT2D eigenvalue weighted by molar-refractivity contribution is -0.149. The number of halogens is 1. The van der Waals surface area contributed by atoms with Gasteiger partial charge in [-0.2, -0.15) is 0 Å². The van der Waals surface area contributed by atoms with E-state index in [1.807, 2.05) is 9.80 Å². The fraction of sp³-hybridized carbons (Fsp3) is 0.652. The van der Waals surface area contributed by atoms with Crippen LogP contribution in [0, 0.1) is 35.4 Å². The summed E-state index contributed by atoms with van der Waals surface area (Å²) in [5, 5.41) is 0. The van der Waals surface area contributed by atoms with Crippen LogP contribution in [0.1, 0.15) is 49.4 Å². The van der Waals surface area contributed by atoms with Crippen LogP contribution in [0.4, 0.5) is 10.1 Å². The maximum absolute atomic E-state index is 14.5. The highest BCUT2D eigenvalue weighted by Crippen LogP contribution is 2.56. The summed E-state index contributed by atoms with van der Waals surface area (Å²) in [5.74, 6) is 3.10. The molecule has 0 spiro atoms. The van der Waals surface area contributed by atoms with Crippen molar-refractivity contribution >= 4 is 17.4 Å². The second kappa shape index (κ2) is 6.85. The molecule has 1 saturated heterocycles. The lowest BCUT2D eigenvalue weighted by atomic mass is 9.51. The van der Waals surface area contributed by atoms with Gasteiger partial charge in [0.05, 0.1) is 5.69 Å². The Morgan fingerprint density at radius 1 is 0.929 bits per heavy atom.